The van der Waals surface area contributed by atoms with Gasteiger partial charge < -0.3 is 14.4 Å². The lowest BCUT2D eigenvalue weighted by molar-refractivity contribution is -0.921. The first-order chi connectivity index (χ1) is 14.1. The predicted molar refractivity (Wildman–Crippen MR) is 106 cm³/mol. The molecule has 29 heavy (non-hydrogen) atoms. The van der Waals surface area contributed by atoms with Gasteiger partial charge in [-0.2, -0.15) is 5.10 Å². The molecule has 1 aliphatic rings. The lowest BCUT2D eigenvalue weighted by Crippen LogP contribution is -3.12. The van der Waals surface area contributed by atoms with E-state index < -0.39 is 4.92 Å². The molecule has 1 saturated heterocycles. The summed E-state index contributed by atoms with van der Waals surface area (Å²) in [5, 5.41) is 14.9. The Morgan fingerprint density at radius 2 is 2.00 bits per heavy atom. The maximum absolute atomic E-state index is 12.2. The van der Waals surface area contributed by atoms with E-state index in [4.69, 9.17) is 9.47 Å². The second-order valence-electron chi connectivity index (χ2n) is 6.62. The van der Waals surface area contributed by atoms with Gasteiger partial charge >= 0.3 is 5.69 Å². The molecule has 0 aliphatic carbocycles. The number of nitrogens with zero attached hydrogens (tertiary/aromatic N) is 2. The summed E-state index contributed by atoms with van der Waals surface area (Å²) in [4.78, 5) is 24.2. The molecule has 2 aromatic rings. The number of quaternary nitrogens is 1. The highest BCUT2D eigenvalue weighted by atomic mass is 16.6. The van der Waals surface area contributed by atoms with Crippen LogP contribution in [0.2, 0.25) is 0 Å². The van der Waals surface area contributed by atoms with E-state index in [1.807, 2.05) is 12.1 Å². The molecule has 3 rings (SSSR count). The molecular formula is C20H23N4O5+. The third-order valence-electron chi connectivity index (χ3n) is 4.65. The van der Waals surface area contributed by atoms with Crippen molar-refractivity contribution in [2.75, 3.05) is 33.4 Å². The quantitative estimate of drug-likeness (QED) is 0.407. The van der Waals surface area contributed by atoms with Gasteiger partial charge in [-0.05, 0) is 24.3 Å². The number of nitro benzene ring substituents is 1. The minimum Gasteiger partial charge on any atom is -0.490 e. The van der Waals surface area contributed by atoms with E-state index >= 15 is 0 Å². The summed E-state index contributed by atoms with van der Waals surface area (Å²) in [6.07, 6.45) is 1.35. The van der Waals surface area contributed by atoms with Crippen LogP contribution in [0.4, 0.5) is 5.69 Å². The number of amides is 1. The Bertz CT molecular complexity index is 892. The number of hydrogen-bond donors (Lipinski definition) is 2. The molecule has 0 atom stereocenters. The molecule has 1 fully saturated rings. The molecule has 0 bridgehead atoms. The maximum atomic E-state index is 12.2. The van der Waals surface area contributed by atoms with E-state index in [-0.39, 0.29) is 17.3 Å². The molecule has 0 saturated carbocycles. The van der Waals surface area contributed by atoms with E-state index in [0.717, 1.165) is 38.4 Å². The number of ether oxygens (including phenoxy) is 2. The van der Waals surface area contributed by atoms with Crippen LogP contribution >= 0.6 is 0 Å². The van der Waals surface area contributed by atoms with Crippen LogP contribution in [0.25, 0.3) is 0 Å². The van der Waals surface area contributed by atoms with Crippen molar-refractivity contribution in [3.63, 3.8) is 0 Å². The number of carbonyl (C=O) groups excluding carboxylic acids is 1. The van der Waals surface area contributed by atoms with Crippen molar-refractivity contribution in [2.45, 2.75) is 6.54 Å². The number of carbonyl (C=O) groups is 1. The molecule has 0 unspecified atom stereocenters. The lowest BCUT2D eigenvalue weighted by Gasteiger charge is -2.23. The van der Waals surface area contributed by atoms with Crippen molar-refractivity contribution < 1.29 is 24.1 Å². The summed E-state index contributed by atoms with van der Waals surface area (Å²) in [6, 6.07) is 11.8. The maximum Gasteiger partial charge on any atom is 0.311 e. The van der Waals surface area contributed by atoms with Crippen LogP contribution < -0.4 is 15.1 Å². The van der Waals surface area contributed by atoms with E-state index in [9.17, 15) is 14.9 Å². The van der Waals surface area contributed by atoms with Gasteiger partial charge in [-0.3, -0.25) is 14.9 Å². The number of nitro groups is 1. The molecule has 2 aromatic carbocycles. The summed E-state index contributed by atoms with van der Waals surface area (Å²) < 4.78 is 10.3. The van der Waals surface area contributed by atoms with Gasteiger partial charge in [0.1, 0.15) is 19.6 Å². The molecule has 1 heterocycles. The van der Waals surface area contributed by atoms with Crippen LogP contribution in [-0.2, 0) is 11.3 Å². The van der Waals surface area contributed by atoms with Crippen LogP contribution in [0, 0.1) is 10.1 Å². The number of benzene rings is 2. The van der Waals surface area contributed by atoms with E-state index in [1.54, 1.807) is 18.2 Å². The van der Waals surface area contributed by atoms with Crippen LogP contribution in [0.15, 0.2) is 47.6 Å². The lowest BCUT2D eigenvalue weighted by atomic mass is 10.1. The Balaban J connectivity index is 1.57. The van der Waals surface area contributed by atoms with Gasteiger partial charge in [0.15, 0.2) is 5.75 Å². The van der Waals surface area contributed by atoms with Gasteiger partial charge in [-0.25, -0.2) is 5.43 Å². The predicted octanol–water partition coefficient (Wildman–Crippen LogP) is 0.782. The van der Waals surface area contributed by atoms with Crippen molar-refractivity contribution >= 4 is 17.8 Å². The third kappa shape index (κ3) is 5.59. The summed E-state index contributed by atoms with van der Waals surface area (Å²) in [5.74, 6) is -0.190. The van der Waals surface area contributed by atoms with Crippen molar-refractivity contribution in [3.8, 4) is 5.75 Å². The molecular weight excluding hydrogens is 376 g/mol. The summed E-state index contributed by atoms with van der Waals surface area (Å²) in [6.45, 7) is 4.44. The highest BCUT2D eigenvalue weighted by Crippen LogP contribution is 2.26. The minimum absolute atomic E-state index is 0.162. The van der Waals surface area contributed by atoms with Crippen molar-refractivity contribution in [3.05, 3.63) is 69.3 Å². The van der Waals surface area contributed by atoms with Crippen molar-refractivity contribution in [1.29, 1.82) is 0 Å². The largest absolute Gasteiger partial charge is 0.490 e. The first-order valence-corrected chi connectivity index (χ1v) is 9.23. The highest BCUT2D eigenvalue weighted by Gasteiger charge is 2.15. The summed E-state index contributed by atoms with van der Waals surface area (Å²) in [7, 11) is 1.36. The van der Waals surface area contributed by atoms with E-state index in [1.165, 1.54) is 30.4 Å². The van der Waals surface area contributed by atoms with Gasteiger partial charge in [0.05, 0.1) is 31.5 Å². The number of nitrogens with one attached hydrogen (secondary N) is 2. The normalized spacial score (nSPS) is 14.7. The average Bonchev–Trinajstić information content (AvgIpc) is 2.74. The third-order valence-corrected chi connectivity index (χ3v) is 4.65. The summed E-state index contributed by atoms with van der Waals surface area (Å²) >= 11 is 0. The summed E-state index contributed by atoms with van der Waals surface area (Å²) in [5.41, 5.74) is 4.39. The number of hydrazone groups is 1. The zero-order chi connectivity index (χ0) is 20.6. The SMILES string of the molecule is COc1ccc(/C=N\NC(=O)c2ccc(C[NH+]3CCOCC3)cc2)cc1[N+](=O)[O-]. The molecule has 9 nitrogen and oxygen atoms in total. The second kappa shape index (κ2) is 9.76. The molecule has 0 radical (unpaired) electrons. The first-order valence-electron chi connectivity index (χ1n) is 9.23. The second-order valence-corrected chi connectivity index (χ2v) is 6.62. The van der Waals surface area contributed by atoms with Gasteiger partial charge in [0.2, 0.25) is 0 Å². The molecule has 0 spiro atoms. The number of rotatable bonds is 7. The Morgan fingerprint density at radius 1 is 1.28 bits per heavy atom. The molecule has 9 heteroatoms. The molecule has 0 aromatic heterocycles. The fourth-order valence-corrected chi connectivity index (χ4v) is 3.06. The zero-order valence-electron chi connectivity index (χ0n) is 16.1. The van der Waals surface area contributed by atoms with Gasteiger partial charge in [-0.1, -0.05) is 12.1 Å². The number of morpholine rings is 1. The molecule has 1 aliphatic heterocycles. The Labute approximate surface area is 168 Å². The molecule has 1 amide bonds. The van der Waals surface area contributed by atoms with Gasteiger partial charge in [-0.15, -0.1) is 0 Å². The van der Waals surface area contributed by atoms with E-state index in [2.05, 4.69) is 10.5 Å². The number of methoxy groups -OCH3 is 1. The van der Waals surface area contributed by atoms with Crippen LogP contribution in [0.1, 0.15) is 21.5 Å². The molecule has 152 valence electrons. The van der Waals surface area contributed by atoms with Crippen molar-refractivity contribution in [1.82, 2.24) is 5.43 Å². The zero-order valence-corrected chi connectivity index (χ0v) is 16.1. The van der Waals surface area contributed by atoms with E-state index in [0.29, 0.717) is 11.1 Å². The Morgan fingerprint density at radius 3 is 2.66 bits per heavy atom. The molecule has 2 N–H and O–H groups in total. The van der Waals surface area contributed by atoms with Crippen LogP contribution in [0.3, 0.4) is 0 Å². The average molecular weight is 399 g/mol. The Kier molecular flexibility index (Phi) is 6.88. The van der Waals surface area contributed by atoms with Crippen molar-refractivity contribution in [2.24, 2.45) is 5.10 Å². The monoisotopic (exact) mass is 399 g/mol. The van der Waals surface area contributed by atoms with Gasteiger partial charge in [0, 0.05) is 22.8 Å². The topological polar surface area (TPSA) is 108 Å². The smallest absolute Gasteiger partial charge is 0.311 e. The van der Waals surface area contributed by atoms with Crippen LogP contribution in [0.5, 0.6) is 5.75 Å². The standard InChI is InChI=1S/C20H22N4O5/c1-28-19-7-4-16(12-18(19)24(26)27)13-21-22-20(25)17-5-2-15(3-6-17)14-23-8-10-29-11-9-23/h2-7,12-13H,8-11,14H2,1H3,(H,22,25)/p+1/b21-13-. The first kappa shape index (κ1) is 20.4. The fraction of sp³-hybridized carbons (Fsp3) is 0.300. The fourth-order valence-electron chi connectivity index (χ4n) is 3.06. The van der Waals surface area contributed by atoms with Gasteiger partial charge in [0.25, 0.3) is 5.91 Å². The highest BCUT2D eigenvalue weighted by molar-refractivity contribution is 5.95. The van der Waals surface area contributed by atoms with Crippen LogP contribution in [-0.4, -0.2) is 50.5 Å². The number of hydrogen-bond acceptors (Lipinski definition) is 6. The minimum atomic E-state index is -0.533. The Hall–Kier alpha value is -3.30.